The van der Waals surface area contributed by atoms with Gasteiger partial charge in [0.15, 0.2) is 0 Å². The highest BCUT2D eigenvalue weighted by Gasteiger charge is 2.30. The van der Waals surface area contributed by atoms with E-state index in [4.69, 9.17) is 30.5 Å². The molecular formula is C28H27BrClNO6. The van der Waals surface area contributed by atoms with Gasteiger partial charge in [-0.2, -0.15) is 0 Å². The Morgan fingerprint density at radius 3 is 2.54 bits per heavy atom. The molecule has 2 unspecified atom stereocenters. The van der Waals surface area contributed by atoms with Gasteiger partial charge in [-0.3, -0.25) is 13.5 Å². The summed E-state index contributed by atoms with van der Waals surface area (Å²) in [5, 5.41) is 0.344. The van der Waals surface area contributed by atoms with Crippen LogP contribution in [0.5, 0.6) is 17.2 Å². The minimum Gasteiger partial charge on any atom is -0.493 e. The van der Waals surface area contributed by atoms with Gasteiger partial charge in [0.25, 0.3) is 5.91 Å². The van der Waals surface area contributed by atoms with Crippen LogP contribution in [0.15, 0.2) is 66.7 Å². The van der Waals surface area contributed by atoms with Crippen LogP contribution in [0.3, 0.4) is 0 Å². The van der Waals surface area contributed by atoms with Gasteiger partial charge in [0.2, 0.25) is 0 Å². The minimum atomic E-state index is -0.424. The predicted octanol–water partition coefficient (Wildman–Crippen LogP) is 6.70. The lowest BCUT2D eigenvalue weighted by atomic mass is 9.93. The summed E-state index contributed by atoms with van der Waals surface area (Å²) in [6.45, 7) is 2.81. The van der Waals surface area contributed by atoms with E-state index < -0.39 is 5.92 Å². The number of fused-ring (bicyclic) bond motifs is 1. The molecule has 3 aromatic rings. The molecule has 1 aliphatic rings. The first-order valence-electron chi connectivity index (χ1n) is 11.9. The molecule has 1 heterocycles. The minimum absolute atomic E-state index is 0.213. The molecule has 3 aromatic carbocycles. The first-order chi connectivity index (χ1) is 17.9. The van der Waals surface area contributed by atoms with Crippen LogP contribution in [0.1, 0.15) is 46.9 Å². The number of nitrogens with zero attached hydrogens (tertiary/aromatic N) is 1. The molecule has 0 saturated carbocycles. The first-order valence-corrected chi connectivity index (χ1v) is 13.0. The molecule has 7 nitrogen and oxygen atoms in total. The van der Waals surface area contributed by atoms with Crippen molar-refractivity contribution in [2.75, 3.05) is 26.9 Å². The van der Waals surface area contributed by atoms with E-state index >= 15 is 0 Å². The Kier molecular flexibility index (Phi) is 9.08. The number of rotatable bonds is 9. The van der Waals surface area contributed by atoms with Gasteiger partial charge in [0.1, 0.15) is 23.4 Å². The first kappa shape index (κ1) is 27.0. The van der Waals surface area contributed by atoms with Crippen LogP contribution in [-0.2, 0) is 14.3 Å². The largest absolute Gasteiger partial charge is 0.493 e. The molecule has 37 heavy (non-hydrogen) atoms. The number of amides is 1. The van der Waals surface area contributed by atoms with Crippen molar-refractivity contribution in [2.24, 2.45) is 0 Å². The summed E-state index contributed by atoms with van der Waals surface area (Å²) in [6.07, 6.45) is 0.253. The van der Waals surface area contributed by atoms with Crippen molar-refractivity contribution in [3.05, 3.63) is 88.4 Å². The number of benzene rings is 3. The second-order valence-corrected chi connectivity index (χ2v) is 9.64. The van der Waals surface area contributed by atoms with Crippen molar-refractivity contribution in [3.8, 4) is 17.2 Å². The van der Waals surface area contributed by atoms with Crippen molar-refractivity contribution in [3.63, 3.8) is 0 Å². The molecule has 2 atom stereocenters. The average molecular weight is 589 g/mol. The SMILES string of the molecule is CCOC(=O)C1CCOc2cc(Oc3ccc(C(=O)N(Br)CC(OC)c4ccccc4)cc3)c(Cl)cc21. The molecule has 0 saturated heterocycles. The molecule has 0 aromatic heterocycles. The van der Waals surface area contributed by atoms with Gasteiger partial charge in [0.05, 0.1) is 46.8 Å². The lowest BCUT2D eigenvalue weighted by molar-refractivity contribution is -0.145. The average Bonchev–Trinajstić information content (AvgIpc) is 2.92. The predicted molar refractivity (Wildman–Crippen MR) is 144 cm³/mol. The zero-order valence-corrected chi connectivity index (χ0v) is 22.8. The van der Waals surface area contributed by atoms with Crippen LogP contribution < -0.4 is 9.47 Å². The standard InChI is InChI=1S/C28H27BrClNO6/c1-3-35-28(33)21-13-14-36-24-16-25(23(30)15-22(21)24)37-20-11-9-19(10-12-20)27(32)31(29)17-26(34-2)18-7-5-4-6-8-18/h4-12,15-16,21,26H,3,13-14,17H2,1-2H3. The molecule has 0 aliphatic carbocycles. The fourth-order valence-electron chi connectivity index (χ4n) is 4.10. The summed E-state index contributed by atoms with van der Waals surface area (Å²) in [5.74, 6) is 0.491. The van der Waals surface area contributed by atoms with Gasteiger partial charge >= 0.3 is 5.97 Å². The fraction of sp³-hybridized carbons (Fsp3) is 0.286. The molecule has 1 aliphatic heterocycles. The Labute approximate surface area is 229 Å². The third-order valence-electron chi connectivity index (χ3n) is 6.01. The maximum absolute atomic E-state index is 13.0. The molecular weight excluding hydrogens is 562 g/mol. The summed E-state index contributed by atoms with van der Waals surface area (Å²) in [5.41, 5.74) is 2.14. The third kappa shape index (κ3) is 6.44. The molecule has 0 fully saturated rings. The summed E-state index contributed by atoms with van der Waals surface area (Å²) in [6, 6.07) is 19.8. The fourth-order valence-corrected chi connectivity index (χ4v) is 4.78. The molecule has 9 heteroatoms. The van der Waals surface area contributed by atoms with Crippen molar-refractivity contribution >= 4 is 39.6 Å². The normalized spacial score (nSPS) is 15.2. The highest BCUT2D eigenvalue weighted by molar-refractivity contribution is 9.07. The monoisotopic (exact) mass is 587 g/mol. The second kappa shape index (κ2) is 12.4. The van der Waals surface area contributed by atoms with Crippen molar-refractivity contribution in [1.29, 1.82) is 0 Å². The van der Waals surface area contributed by atoms with Crippen LogP contribution in [0, 0.1) is 0 Å². The van der Waals surface area contributed by atoms with Gasteiger partial charge in [-0.15, -0.1) is 0 Å². The number of halogens is 2. The van der Waals surface area contributed by atoms with Gasteiger partial charge in [-0.25, -0.2) is 0 Å². The Bertz CT molecular complexity index is 1240. The lowest BCUT2D eigenvalue weighted by Gasteiger charge is -2.25. The maximum atomic E-state index is 13.0. The van der Waals surface area contributed by atoms with Crippen LogP contribution in [0.2, 0.25) is 5.02 Å². The molecule has 0 N–H and O–H groups in total. The van der Waals surface area contributed by atoms with Gasteiger partial charge in [-0.1, -0.05) is 41.9 Å². The van der Waals surface area contributed by atoms with E-state index in [1.54, 1.807) is 50.4 Å². The van der Waals surface area contributed by atoms with Gasteiger partial charge in [-0.05, 0) is 49.2 Å². The highest BCUT2D eigenvalue weighted by atomic mass is 79.9. The maximum Gasteiger partial charge on any atom is 0.313 e. The summed E-state index contributed by atoms with van der Waals surface area (Å²) >= 11 is 9.85. The van der Waals surface area contributed by atoms with Crippen molar-refractivity contribution < 1.29 is 28.5 Å². The van der Waals surface area contributed by atoms with Gasteiger partial charge < -0.3 is 18.9 Å². The van der Waals surface area contributed by atoms with Crippen molar-refractivity contribution in [2.45, 2.75) is 25.4 Å². The molecule has 0 radical (unpaired) electrons. The Hall–Kier alpha value is -3.07. The van der Waals surface area contributed by atoms with Crippen LogP contribution in [-0.4, -0.2) is 42.7 Å². The molecule has 0 bridgehead atoms. The number of hydrogen-bond acceptors (Lipinski definition) is 6. The number of carbonyl (C=O) groups excluding carboxylic acids is 2. The third-order valence-corrected chi connectivity index (χ3v) is 6.91. The summed E-state index contributed by atoms with van der Waals surface area (Å²) in [7, 11) is 1.61. The Morgan fingerprint density at radius 2 is 1.86 bits per heavy atom. The summed E-state index contributed by atoms with van der Waals surface area (Å²) in [4.78, 5) is 25.3. The smallest absolute Gasteiger partial charge is 0.313 e. The van der Waals surface area contributed by atoms with Gasteiger partial charge in [0, 0.05) is 24.3 Å². The lowest BCUT2D eigenvalue weighted by Crippen LogP contribution is -2.27. The number of hydrogen-bond donors (Lipinski definition) is 0. The molecule has 1 amide bonds. The van der Waals surface area contributed by atoms with E-state index in [1.807, 2.05) is 30.3 Å². The molecule has 4 rings (SSSR count). The number of methoxy groups -OCH3 is 1. The van der Waals surface area contributed by atoms with E-state index in [9.17, 15) is 9.59 Å². The number of carbonyl (C=O) groups is 2. The van der Waals surface area contributed by atoms with E-state index in [2.05, 4.69) is 16.1 Å². The van der Waals surface area contributed by atoms with Crippen LogP contribution >= 0.6 is 27.7 Å². The Balaban J connectivity index is 1.44. The molecule has 194 valence electrons. The van der Waals surface area contributed by atoms with Crippen LogP contribution in [0.25, 0.3) is 0 Å². The number of ether oxygens (including phenoxy) is 4. The van der Waals surface area contributed by atoms with E-state index in [-0.39, 0.29) is 18.0 Å². The molecule has 0 spiro atoms. The quantitative estimate of drug-likeness (QED) is 0.205. The van der Waals surface area contributed by atoms with E-state index in [1.165, 1.54) is 3.93 Å². The highest BCUT2D eigenvalue weighted by Crippen LogP contribution is 2.42. The van der Waals surface area contributed by atoms with Crippen molar-refractivity contribution in [1.82, 2.24) is 3.93 Å². The van der Waals surface area contributed by atoms with E-state index in [0.29, 0.717) is 59.6 Å². The number of esters is 1. The second-order valence-electron chi connectivity index (χ2n) is 8.37. The topological polar surface area (TPSA) is 74.3 Å². The Morgan fingerprint density at radius 1 is 1.14 bits per heavy atom. The summed E-state index contributed by atoms with van der Waals surface area (Å²) < 4.78 is 23.9. The van der Waals surface area contributed by atoms with Crippen LogP contribution in [0.4, 0.5) is 0 Å². The zero-order valence-electron chi connectivity index (χ0n) is 20.5. The van der Waals surface area contributed by atoms with E-state index in [0.717, 1.165) is 5.56 Å². The zero-order chi connectivity index (χ0) is 26.4.